The zero-order chi connectivity index (χ0) is 28.3. The zero-order valence-corrected chi connectivity index (χ0v) is 24.2. The number of nitrogens with one attached hydrogen (secondary N) is 1. The van der Waals surface area contributed by atoms with Gasteiger partial charge in [0.2, 0.25) is 0 Å². The van der Waals surface area contributed by atoms with Crippen LogP contribution in [0.5, 0.6) is 0 Å². The summed E-state index contributed by atoms with van der Waals surface area (Å²) in [6.07, 6.45) is 11.1. The van der Waals surface area contributed by atoms with Crippen LogP contribution in [0, 0.1) is 0 Å². The summed E-state index contributed by atoms with van der Waals surface area (Å²) in [6, 6.07) is 16.5. The highest BCUT2D eigenvalue weighted by atomic mass is 16.6. The molecule has 0 aromatic heterocycles. The van der Waals surface area contributed by atoms with E-state index in [0.717, 1.165) is 12.8 Å². The number of ether oxygens (including phenoxy) is 4. The van der Waals surface area contributed by atoms with Crippen LogP contribution in [0.4, 0.5) is 4.79 Å². The number of rotatable bonds is 21. The number of hydrogen-bond acceptors (Lipinski definition) is 6. The second-order valence-electron chi connectivity index (χ2n) is 10.3. The first-order valence-electron chi connectivity index (χ1n) is 15.1. The van der Waals surface area contributed by atoms with Gasteiger partial charge in [0.25, 0.3) is 0 Å². The first-order chi connectivity index (χ1) is 19.7. The molecule has 2 aromatic carbocycles. The molecular weight excluding hydrogens is 506 g/mol. The Bertz CT molecular complexity index is 964. The monoisotopic (exact) mass is 553 g/mol. The van der Waals surface area contributed by atoms with Gasteiger partial charge in [0.05, 0.1) is 26.4 Å². The van der Waals surface area contributed by atoms with E-state index in [9.17, 15) is 9.59 Å². The summed E-state index contributed by atoms with van der Waals surface area (Å²) in [4.78, 5) is 24.0. The van der Waals surface area contributed by atoms with Gasteiger partial charge in [-0.15, -0.1) is 0 Å². The number of benzene rings is 2. The molecule has 7 nitrogen and oxygen atoms in total. The minimum Gasteiger partial charge on any atom is -0.463 e. The average molecular weight is 554 g/mol. The molecule has 0 spiro atoms. The lowest BCUT2D eigenvalue weighted by Gasteiger charge is -2.14. The van der Waals surface area contributed by atoms with Gasteiger partial charge in [-0.3, -0.25) is 4.79 Å². The molecule has 220 valence electrons. The van der Waals surface area contributed by atoms with E-state index in [0.29, 0.717) is 46.0 Å². The first-order valence-corrected chi connectivity index (χ1v) is 15.1. The fourth-order valence-corrected chi connectivity index (χ4v) is 5.06. The van der Waals surface area contributed by atoms with E-state index in [1.165, 1.54) is 67.2 Å². The molecule has 0 bridgehead atoms. The fraction of sp³-hybridized carbons (Fsp3) is 0.576. The molecular formula is C33H47NO6. The minimum atomic E-state index is -0.453. The summed E-state index contributed by atoms with van der Waals surface area (Å²) >= 11 is 0. The van der Waals surface area contributed by atoms with Gasteiger partial charge in [-0.25, -0.2) is 4.79 Å². The summed E-state index contributed by atoms with van der Waals surface area (Å²) in [5.74, 6) is -0.108. The molecule has 1 aliphatic rings. The van der Waals surface area contributed by atoms with Gasteiger partial charge < -0.3 is 24.3 Å². The van der Waals surface area contributed by atoms with E-state index < -0.39 is 6.09 Å². The molecule has 0 saturated carbocycles. The largest absolute Gasteiger partial charge is 0.463 e. The molecule has 1 aliphatic carbocycles. The molecule has 0 heterocycles. The van der Waals surface area contributed by atoms with Gasteiger partial charge in [-0.2, -0.15) is 0 Å². The molecule has 3 rings (SSSR count). The first kappa shape index (κ1) is 31.6. The number of amides is 1. The van der Waals surface area contributed by atoms with E-state index >= 15 is 0 Å². The third-order valence-corrected chi connectivity index (χ3v) is 7.21. The zero-order valence-electron chi connectivity index (χ0n) is 24.2. The van der Waals surface area contributed by atoms with Crippen LogP contribution in [0.25, 0.3) is 11.1 Å². The summed E-state index contributed by atoms with van der Waals surface area (Å²) in [6.45, 7) is 4.66. The molecule has 40 heavy (non-hydrogen) atoms. The third kappa shape index (κ3) is 11.3. The minimum absolute atomic E-state index is 0.0423. The number of fused-ring (bicyclic) bond motifs is 3. The number of alkyl carbamates (subject to hydrolysis) is 1. The van der Waals surface area contributed by atoms with Gasteiger partial charge in [0.15, 0.2) is 0 Å². The Labute approximate surface area is 239 Å². The highest BCUT2D eigenvalue weighted by molar-refractivity contribution is 5.79. The fourth-order valence-electron chi connectivity index (χ4n) is 5.06. The Balaban J connectivity index is 1.11. The summed E-state index contributed by atoms with van der Waals surface area (Å²) in [5.41, 5.74) is 4.78. The lowest BCUT2D eigenvalue weighted by atomic mass is 9.98. The van der Waals surface area contributed by atoms with E-state index in [2.05, 4.69) is 36.5 Å². The van der Waals surface area contributed by atoms with Crippen molar-refractivity contribution >= 4 is 12.1 Å². The third-order valence-electron chi connectivity index (χ3n) is 7.21. The number of hydrogen-bond donors (Lipinski definition) is 1. The van der Waals surface area contributed by atoms with Crippen molar-refractivity contribution in [2.24, 2.45) is 0 Å². The van der Waals surface area contributed by atoms with E-state index in [1.807, 2.05) is 24.3 Å². The quantitative estimate of drug-likeness (QED) is 0.132. The van der Waals surface area contributed by atoms with Crippen molar-refractivity contribution in [2.75, 3.05) is 46.2 Å². The average Bonchev–Trinajstić information content (AvgIpc) is 3.29. The molecule has 0 unspecified atom stereocenters. The van der Waals surface area contributed by atoms with Crippen LogP contribution in [0.3, 0.4) is 0 Å². The predicted molar refractivity (Wildman–Crippen MR) is 158 cm³/mol. The summed E-state index contributed by atoms with van der Waals surface area (Å²) in [7, 11) is 0. The van der Waals surface area contributed by atoms with Gasteiger partial charge in [-0.1, -0.05) is 107 Å². The van der Waals surface area contributed by atoms with Crippen LogP contribution in [0.2, 0.25) is 0 Å². The highest BCUT2D eigenvalue weighted by Gasteiger charge is 2.28. The SMILES string of the molecule is CCCCCCCCCCCC(=O)OCCOCCOCCNC(=O)OCC1c2ccccc2-c2ccccc21. The Morgan fingerprint density at radius 1 is 0.675 bits per heavy atom. The van der Waals surface area contributed by atoms with Crippen molar-refractivity contribution in [3.8, 4) is 11.1 Å². The van der Waals surface area contributed by atoms with Crippen molar-refractivity contribution in [1.82, 2.24) is 5.32 Å². The van der Waals surface area contributed by atoms with Crippen LogP contribution in [-0.2, 0) is 23.7 Å². The van der Waals surface area contributed by atoms with Crippen molar-refractivity contribution in [1.29, 1.82) is 0 Å². The van der Waals surface area contributed by atoms with Gasteiger partial charge in [-0.05, 0) is 28.7 Å². The van der Waals surface area contributed by atoms with Crippen molar-refractivity contribution in [3.05, 3.63) is 59.7 Å². The molecule has 0 saturated heterocycles. The van der Waals surface area contributed by atoms with Gasteiger partial charge >= 0.3 is 12.1 Å². The highest BCUT2D eigenvalue weighted by Crippen LogP contribution is 2.44. The van der Waals surface area contributed by atoms with Crippen molar-refractivity contribution < 1.29 is 28.5 Å². The maximum atomic E-state index is 12.2. The maximum Gasteiger partial charge on any atom is 0.407 e. The van der Waals surface area contributed by atoms with Crippen LogP contribution in [0.1, 0.15) is 88.2 Å². The number of esters is 1. The Kier molecular flexibility index (Phi) is 15.2. The Hall–Kier alpha value is -2.90. The normalized spacial score (nSPS) is 12.1. The molecule has 1 N–H and O–H groups in total. The number of carbonyl (C=O) groups is 2. The van der Waals surface area contributed by atoms with Crippen LogP contribution in [-0.4, -0.2) is 58.2 Å². The second-order valence-corrected chi connectivity index (χ2v) is 10.3. The molecule has 0 radical (unpaired) electrons. The lowest BCUT2D eigenvalue weighted by Crippen LogP contribution is -2.29. The predicted octanol–water partition coefficient (Wildman–Crippen LogP) is 7.02. The van der Waals surface area contributed by atoms with Crippen LogP contribution in [0.15, 0.2) is 48.5 Å². The van der Waals surface area contributed by atoms with Crippen LogP contribution < -0.4 is 5.32 Å². The lowest BCUT2D eigenvalue weighted by molar-refractivity contribution is -0.145. The van der Waals surface area contributed by atoms with Crippen molar-refractivity contribution in [3.63, 3.8) is 0 Å². The van der Waals surface area contributed by atoms with Gasteiger partial charge in [0, 0.05) is 18.9 Å². The van der Waals surface area contributed by atoms with Crippen LogP contribution >= 0.6 is 0 Å². The van der Waals surface area contributed by atoms with Crippen molar-refractivity contribution in [2.45, 2.75) is 77.0 Å². The molecule has 1 amide bonds. The van der Waals surface area contributed by atoms with E-state index in [-0.39, 0.29) is 18.5 Å². The summed E-state index contributed by atoms with van der Waals surface area (Å²) < 4.78 is 21.7. The Morgan fingerprint density at radius 3 is 1.88 bits per heavy atom. The number of carbonyl (C=O) groups excluding carboxylic acids is 2. The van der Waals surface area contributed by atoms with Gasteiger partial charge in [0.1, 0.15) is 13.2 Å². The Morgan fingerprint density at radius 2 is 1.23 bits per heavy atom. The molecule has 7 heteroatoms. The standard InChI is InChI=1S/C33H47NO6/c1-2-3-4-5-6-7-8-9-10-19-32(35)39-25-24-38-23-22-37-21-20-34-33(36)40-26-31-29-17-13-11-15-27(29)28-16-12-14-18-30(28)31/h11-18,31H,2-10,19-26H2,1H3,(H,34,36). The second kappa shape index (κ2) is 19.2. The molecule has 0 atom stereocenters. The van der Waals surface area contributed by atoms with E-state index in [1.54, 1.807) is 0 Å². The van der Waals surface area contributed by atoms with E-state index in [4.69, 9.17) is 18.9 Å². The molecule has 2 aromatic rings. The molecule has 0 aliphatic heterocycles. The summed E-state index contributed by atoms with van der Waals surface area (Å²) in [5, 5.41) is 2.73. The number of unbranched alkanes of at least 4 members (excludes halogenated alkanes) is 8. The molecule has 0 fully saturated rings. The topological polar surface area (TPSA) is 83.1 Å². The smallest absolute Gasteiger partial charge is 0.407 e. The maximum absolute atomic E-state index is 12.2.